The quantitative estimate of drug-likeness (QED) is 0.870. The Morgan fingerprint density at radius 3 is 2.17 bits per heavy atom. The van der Waals surface area contributed by atoms with Gasteiger partial charge in [0.2, 0.25) is 0 Å². The van der Waals surface area contributed by atoms with Crippen molar-refractivity contribution in [2.24, 2.45) is 0 Å². The van der Waals surface area contributed by atoms with Crippen molar-refractivity contribution in [3.05, 3.63) is 71.0 Å². The molecular formula is C15H15FO2. The van der Waals surface area contributed by atoms with E-state index in [-0.39, 0.29) is 12.4 Å². The van der Waals surface area contributed by atoms with Gasteiger partial charge in [-0.1, -0.05) is 36.4 Å². The topological polar surface area (TPSA) is 40.5 Å². The van der Waals surface area contributed by atoms with E-state index in [2.05, 4.69) is 0 Å². The first-order chi connectivity index (χ1) is 8.70. The summed E-state index contributed by atoms with van der Waals surface area (Å²) < 4.78 is 12.8. The molecule has 0 saturated heterocycles. The molecule has 0 aromatic heterocycles. The first-order valence-corrected chi connectivity index (χ1v) is 5.82. The van der Waals surface area contributed by atoms with E-state index in [0.29, 0.717) is 12.0 Å². The van der Waals surface area contributed by atoms with Gasteiger partial charge in [0.15, 0.2) is 0 Å². The Labute approximate surface area is 105 Å². The van der Waals surface area contributed by atoms with Crippen molar-refractivity contribution in [1.29, 1.82) is 0 Å². The van der Waals surface area contributed by atoms with E-state index in [4.69, 9.17) is 0 Å². The van der Waals surface area contributed by atoms with Crippen molar-refractivity contribution in [1.82, 2.24) is 0 Å². The number of hydrogen-bond donors (Lipinski definition) is 2. The number of halogens is 1. The Kier molecular flexibility index (Phi) is 4.07. The maximum Gasteiger partial charge on any atom is 0.123 e. The largest absolute Gasteiger partial charge is 0.392 e. The van der Waals surface area contributed by atoms with Gasteiger partial charge < -0.3 is 10.2 Å². The van der Waals surface area contributed by atoms with Crippen LogP contribution in [0.2, 0.25) is 0 Å². The number of aliphatic hydroxyl groups excluding tert-OH is 2. The molecule has 3 heteroatoms. The summed E-state index contributed by atoms with van der Waals surface area (Å²) in [5.41, 5.74) is 2.37. The molecule has 1 unspecified atom stereocenters. The zero-order chi connectivity index (χ0) is 13.0. The van der Waals surface area contributed by atoms with Gasteiger partial charge in [-0.3, -0.25) is 0 Å². The second-order valence-corrected chi connectivity index (χ2v) is 4.20. The molecule has 2 aromatic rings. The van der Waals surface area contributed by atoms with Gasteiger partial charge >= 0.3 is 0 Å². The number of hydrogen-bond acceptors (Lipinski definition) is 2. The standard InChI is InChI=1S/C15H15FO2/c16-14-7-5-11(6-8-14)15(18)9-12-3-1-2-4-13(12)10-17/h1-8,15,17-18H,9-10H2. The fourth-order valence-electron chi connectivity index (χ4n) is 1.92. The molecule has 0 aliphatic rings. The van der Waals surface area contributed by atoms with Crippen LogP contribution in [0.4, 0.5) is 4.39 Å². The molecule has 2 nitrogen and oxygen atoms in total. The lowest BCUT2D eigenvalue weighted by atomic mass is 9.98. The van der Waals surface area contributed by atoms with Crippen LogP contribution in [0.5, 0.6) is 0 Å². The molecule has 0 bridgehead atoms. The lowest BCUT2D eigenvalue weighted by molar-refractivity contribution is 0.177. The monoisotopic (exact) mass is 246 g/mol. The van der Waals surface area contributed by atoms with Crippen LogP contribution >= 0.6 is 0 Å². The predicted octanol–water partition coefficient (Wildman–Crippen LogP) is 2.59. The van der Waals surface area contributed by atoms with Gasteiger partial charge in [0.1, 0.15) is 5.82 Å². The van der Waals surface area contributed by atoms with E-state index in [1.165, 1.54) is 12.1 Å². The van der Waals surface area contributed by atoms with Crippen molar-refractivity contribution in [2.75, 3.05) is 0 Å². The normalized spacial score (nSPS) is 12.4. The summed E-state index contributed by atoms with van der Waals surface area (Å²) in [4.78, 5) is 0. The van der Waals surface area contributed by atoms with Crippen LogP contribution in [-0.2, 0) is 13.0 Å². The molecule has 0 fully saturated rings. The van der Waals surface area contributed by atoms with Crippen LogP contribution in [0.3, 0.4) is 0 Å². The second kappa shape index (κ2) is 5.76. The summed E-state index contributed by atoms with van der Waals surface area (Å²) in [6, 6.07) is 13.2. The number of rotatable bonds is 4. The van der Waals surface area contributed by atoms with Gasteiger partial charge in [0.05, 0.1) is 12.7 Å². The molecule has 2 N–H and O–H groups in total. The Bertz CT molecular complexity index is 508. The Balaban J connectivity index is 2.15. The van der Waals surface area contributed by atoms with Crippen LogP contribution in [0.15, 0.2) is 48.5 Å². The molecule has 0 heterocycles. The molecule has 18 heavy (non-hydrogen) atoms. The summed E-state index contributed by atoms with van der Waals surface area (Å²) in [6.45, 7) is -0.0493. The number of aliphatic hydroxyl groups is 2. The molecule has 2 rings (SSSR count). The minimum Gasteiger partial charge on any atom is -0.392 e. The first-order valence-electron chi connectivity index (χ1n) is 5.82. The molecule has 94 valence electrons. The van der Waals surface area contributed by atoms with Crippen LogP contribution < -0.4 is 0 Å². The minimum atomic E-state index is -0.696. The average molecular weight is 246 g/mol. The highest BCUT2D eigenvalue weighted by atomic mass is 19.1. The summed E-state index contributed by atoms with van der Waals surface area (Å²) in [6.07, 6.45) is -0.291. The van der Waals surface area contributed by atoms with Crippen molar-refractivity contribution in [3.63, 3.8) is 0 Å². The molecule has 0 spiro atoms. The molecule has 0 amide bonds. The van der Waals surface area contributed by atoms with Crippen LogP contribution in [-0.4, -0.2) is 10.2 Å². The van der Waals surface area contributed by atoms with E-state index in [1.54, 1.807) is 12.1 Å². The molecule has 0 aliphatic heterocycles. The zero-order valence-corrected chi connectivity index (χ0v) is 9.88. The summed E-state index contributed by atoms with van der Waals surface area (Å²) >= 11 is 0. The van der Waals surface area contributed by atoms with Gasteiger partial charge in [-0.25, -0.2) is 4.39 Å². The highest BCUT2D eigenvalue weighted by molar-refractivity contribution is 5.29. The third kappa shape index (κ3) is 2.94. The molecule has 1 atom stereocenters. The van der Waals surface area contributed by atoms with Crippen molar-refractivity contribution >= 4 is 0 Å². The van der Waals surface area contributed by atoms with Crippen molar-refractivity contribution < 1.29 is 14.6 Å². The van der Waals surface area contributed by atoms with E-state index >= 15 is 0 Å². The maximum atomic E-state index is 12.8. The third-order valence-electron chi connectivity index (χ3n) is 2.96. The van der Waals surface area contributed by atoms with Gasteiger partial charge in [-0.05, 0) is 28.8 Å². The lowest BCUT2D eigenvalue weighted by Crippen LogP contribution is -2.04. The Morgan fingerprint density at radius 1 is 0.944 bits per heavy atom. The van der Waals surface area contributed by atoms with Crippen molar-refractivity contribution in [2.45, 2.75) is 19.1 Å². The highest BCUT2D eigenvalue weighted by Gasteiger charge is 2.10. The average Bonchev–Trinajstić information content (AvgIpc) is 2.40. The SMILES string of the molecule is OCc1ccccc1CC(O)c1ccc(F)cc1. The minimum absolute atomic E-state index is 0.0493. The van der Waals surface area contributed by atoms with E-state index < -0.39 is 6.10 Å². The van der Waals surface area contributed by atoms with Crippen LogP contribution in [0.25, 0.3) is 0 Å². The fraction of sp³-hybridized carbons (Fsp3) is 0.200. The Morgan fingerprint density at radius 2 is 1.56 bits per heavy atom. The predicted molar refractivity (Wildman–Crippen MR) is 67.4 cm³/mol. The molecular weight excluding hydrogens is 231 g/mol. The van der Waals surface area contributed by atoms with E-state index in [0.717, 1.165) is 11.1 Å². The molecule has 0 radical (unpaired) electrons. The van der Waals surface area contributed by atoms with Gasteiger partial charge in [-0.2, -0.15) is 0 Å². The second-order valence-electron chi connectivity index (χ2n) is 4.20. The summed E-state index contributed by atoms with van der Waals surface area (Å²) in [5, 5.41) is 19.3. The smallest absolute Gasteiger partial charge is 0.123 e. The summed E-state index contributed by atoms with van der Waals surface area (Å²) in [5.74, 6) is -0.318. The fourth-order valence-corrected chi connectivity index (χ4v) is 1.92. The van der Waals surface area contributed by atoms with E-state index in [1.807, 2.05) is 24.3 Å². The van der Waals surface area contributed by atoms with E-state index in [9.17, 15) is 14.6 Å². The third-order valence-corrected chi connectivity index (χ3v) is 2.96. The van der Waals surface area contributed by atoms with Crippen LogP contribution in [0.1, 0.15) is 22.8 Å². The maximum absolute atomic E-state index is 12.8. The summed E-state index contributed by atoms with van der Waals surface area (Å²) in [7, 11) is 0. The highest BCUT2D eigenvalue weighted by Crippen LogP contribution is 2.20. The Hall–Kier alpha value is -1.71. The first kappa shape index (κ1) is 12.7. The van der Waals surface area contributed by atoms with Gasteiger partial charge in [0, 0.05) is 6.42 Å². The number of benzene rings is 2. The van der Waals surface area contributed by atoms with Gasteiger partial charge in [-0.15, -0.1) is 0 Å². The molecule has 0 saturated carbocycles. The lowest BCUT2D eigenvalue weighted by Gasteiger charge is -2.13. The molecule has 0 aliphatic carbocycles. The zero-order valence-electron chi connectivity index (χ0n) is 9.88. The van der Waals surface area contributed by atoms with Crippen LogP contribution in [0, 0.1) is 5.82 Å². The van der Waals surface area contributed by atoms with Crippen molar-refractivity contribution in [3.8, 4) is 0 Å². The molecule has 2 aromatic carbocycles. The van der Waals surface area contributed by atoms with Gasteiger partial charge in [0.25, 0.3) is 0 Å².